The van der Waals surface area contributed by atoms with E-state index in [1.165, 1.54) is 10.4 Å². The lowest BCUT2D eigenvalue weighted by Crippen LogP contribution is -2.44. The van der Waals surface area contributed by atoms with Gasteiger partial charge in [-0.25, -0.2) is 12.8 Å². The summed E-state index contributed by atoms with van der Waals surface area (Å²) in [5, 5.41) is 9.06. The van der Waals surface area contributed by atoms with Crippen molar-refractivity contribution in [1.29, 1.82) is 0 Å². The minimum absolute atomic E-state index is 0.0675. The first-order chi connectivity index (χ1) is 9.45. The Hall–Kier alpha value is -1.18. The van der Waals surface area contributed by atoms with Gasteiger partial charge in [-0.15, -0.1) is 0 Å². The third kappa shape index (κ3) is 3.11. The molecule has 1 atom stereocenters. The van der Waals surface area contributed by atoms with Gasteiger partial charge < -0.3 is 10.8 Å². The standard InChI is InChI=1S/C13H19FN2O3S/c14-10-7-11(15)9-13(8-10)20(18,19)16-5-2-1-3-12(16)4-6-17/h7-9,12,17H,1-6,15H2. The molecule has 3 N–H and O–H groups in total. The van der Waals surface area contributed by atoms with E-state index in [0.29, 0.717) is 19.4 Å². The molecular weight excluding hydrogens is 283 g/mol. The highest BCUT2D eigenvalue weighted by Crippen LogP contribution is 2.28. The summed E-state index contributed by atoms with van der Waals surface area (Å²) in [5.41, 5.74) is 5.60. The molecule has 112 valence electrons. The number of benzene rings is 1. The lowest BCUT2D eigenvalue weighted by molar-refractivity contribution is 0.192. The lowest BCUT2D eigenvalue weighted by Gasteiger charge is -2.34. The molecule has 2 rings (SSSR count). The first kappa shape index (κ1) is 15.2. The van der Waals surface area contributed by atoms with E-state index in [9.17, 15) is 12.8 Å². The number of aliphatic hydroxyl groups is 1. The molecule has 1 unspecified atom stereocenters. The second-order valence-corrected chi connectivity index (χ2v) is 6.89. The zero-order chi connectivity index (χ0) is 14.8. The molecule has 1 saturated heterocycles. The molecule has 0 spiro atoms. The van der Waals surface area contributed by atoms with Gasteiger partial charge in [0.15, 0.2) is 0 Å². The zero-order valence-electron chi connectivity index (χ0n) is 11.1. The van der Waals surface area contributed by atoms with Gasteiger partial charge in [0.05, 0.1) is 4.90 Å². The van der Waals surface area contributed by atoms with Crippen LogP contribution in [0.25, 0.3) is 0 Å². The van der Waals surface area contributed by atoms with Gasteiger partial charge >= 0.3 is 0 Å². The Labute approximate surface area is 118 Å². The second-order valence-electron chi connectivity index (χ2n) is 5.00. The zero-order valence-corrected chi connectivity index (χ0v) is 11.9. The maximum atomic E-state index is 13.4. The minimum Gasteiger partial charge on any atom is -0.399 e. The summed E-state index contributed by atoms with van der Waals surface area (Å²) in [6.07, 6.45) is 2.81. The predicted molar refractivity (Wildman–Crippen MR) is 74.0 cm³/mol. The molecule has 0 aromatic heterocycles. The molecule has 0 amide bonds. The van der Waals surface area contributed by atoms with Crippen LogP contribution in [-0.2, 0) is 10.0 Å². The summed E-state index contributed by atoms with van der Waals surface area (Å²) in [4.78, 5) is -0.125. The number of hydrogen-bond donors (Lipinski definition) is 2. The van der Waals surface area contributed by atoms with E-state index in [1.54, 1.807) is 0 Å². The van der Waals surface area contributed by atoms with Gasteiger partial charge in [-0.05, 0) is 37.5 Å². The maximum absolute atomic E-state index is 13.4. The van der Waals surface area contributed by atoms with Crippen LogP contribution in [0.4, 0.5) is 10.1 Å². The average molecular weight is 302 g/mol. The van der Waals surface area contributed by atoms with E-state index in [4.69, 9.17) is 10.8 Å². The van der Waals surface area contributed by atoms with Gasteiger partial charge in [-0.3, -0.25) is 0 Å². The highest BCUT2D eigenvalue weighted by Gasteiger charge is 2.33. The van der Waals surface area contributed by atoms with E-state index < -0.39 is 15.8 Å². The molecule has 20 heavy (non-hydrogen) atoms. The minimum atomic E-state index is -3.78. The molecule has 1 aromatic carbocycles. The van der Waals surface area contributed by atoms with Crippen molar-refractivity contribution in [1.82, 2.24) is 4.31 Å². The molecule has 0 bridgehead atoms. The van der Waals surface area contributed by atoms with Gasteiger partial charge in [0.25, 0.3) is 0 Å². The number of sulfonamides is 1. The van der Waals surface area contributed by atoms with Crippen LogP contribution in [0, 0.1) is 5.82 Å². The maximum Gasteiger partial charge on any atom is 0.243 e. The first-order valence-electron chi connectivity index (χ1n) is 6.64. The van der Waals surface area contributed by atoms with E-state index >= 15 is 0 Å². The van der Waals surface area contributed by atoms with E-state index in [1.807, 2.05) is 0 Å². The van der Waals surface area contributed by atoms with Crippen molar-refractivity contribution in [2.24, 2.45) is 0 Å². The Morgan fingerprint density at radius 1 is 1.35 bits per heavy atom. The third-order valence-electron chi connectivity index (χ3n) is 3.54. The van der Waals surface area contributed by atoms with Crippen LogP contribution in [-0.4, -0.2) is 37.0 Å². The summed E-state index contributed by atoms with van der Waals surface area (Å²) < 4.78 is 39.9. The number of hydrogen-bond acceptors (Lipinski definition) is 4. The number of aliphatic hydroxyl groups excluding tert-OH is 1. The van der Waals surface area contributed by atoms with Gasteiger partial charge in [-0.2, -0.15) is 4.31 Å². The van der Waals surface area contributed by atoms with Crippen LogP contribution < -0.4 is 5.73 Å². The smallest absolute Gasteiger partial charge is 0.243 e. The van der Waals surface area contributed by atoms with E-state index in [2.05, 4.69) is 0 Å². The third-order valence-corrected chi connectivity index (χ3v) is 5.47. The molecule has 1 aliphatic rings. The molecule has 1 aromatic rings. The Balaban J connectivity index is 2.36. The van der Waals surface area contributed by atoms with Gasteiger partial charge in [0.2, 0.25) is 10.0 Å². The highest BCUT2D eigenvalue weighted by atomic mass is 32.2. The fourth-order valence-electron chi connectivity index (χ4n) is 2.60. The largest absolute Gasteiger partial charge is 0.399 e. The second kappa shape index (κ2) is 6.07. The molecule has 0 radical (unpaired) electrons. The van der Waals surface area contributed by atoms with Crippen LogP contribution >= 0.6 is 0 Å². The number of anilines is 1. The molecule has 1 aliphatic heterocycles. The van der Waals surface area contributed by atoms with Crippen molar-refractivity contribution in [2.45, 2.75) is 36.6 Å². The quantitative estimate of drug-likeness (QED) is 0.822. The molecule has 1 heterocycles. The SMILES string of the molecule is Nc1cc(F)cc(S(=O)(=O)N2CCCCC2CCO)c1. The van der Waals surface area contributed by atoms with Gasteiger partial charge in [-0.1, -0.05) is 6.42 Å². The lowest BCUT2D eigenvalue weighted by atomic mass is 10.0. The fourth-order valence-corrected chi connectivity index (χ4v) is 4.39. The Bertz CT molecular complexity index is 555. The van der Waals surface area contributed by atoms with Crippen molar-refractivity contribution in [3.8, 4) is 0 Å². The normalized spacial score (nSPS) is 21.0. The number of nitrogen functional groups attached to an aromatic ring is 1. The Morgan fingerprint density at radius 3 is 2.75 bits per heavy atom. The molecule has 1 fully saturated rings. The number of rotatable bonds is 4. The number of halogens is 1. The number of nitrogens with two attached hydrogens (primary N) is 1. The average Bonchev–Trinajstić information content (AvgIpc) is 2.38. The topological polar surface area (TPSA) is 83.6 Å². The summed E-state index contributed by atoms with van der Waals surface area (Å²) in [6, 6.07) is 3.10. The fraction of sp³-hybridized carbons (Fsp3) is 0.538. The summed E-state index contributed by atoms with van der Waals surface area (Å²) in [5.74, 6) is -0.667. The van der Waals surface area contributed by atoms with Crippen molar-refractivity contribution in [3.63, 3.8) is 0 Å². The monoisotopic (exact) mass is 302 g/mol. The van der Waals surface area contributed by atoms with Crippen LogP contribution in [0.1, 0.15) is 25.7 Å². The predicted octanol–water partition coefficient (Wildman–Crippen LogP) is 1.33. The molecule has 5 nitrogen and oxygen atoms in total. The van der Waals surface area contributed by atoms with Gasteiger partial charge in [0.1, 0.15) is 5.82 Å². The van der Waals surface area contributed by atoms with Crippen molar-refractivity contribution in [3.05, 3.63) is 24.0 Å². The van der Waals surface area contributed by atoms with E-state index in [-0.39, 0.29) is 23.2 Å². The highest BCUT2D eigenvalue weighted by molar-refractivity contribution is 7.89. The van der Waals surface area contributed by atoms with Crippen LogP contribution in [0.3, 0.4) is 0 Å². The van der Waals surface area contributed by atoms with E-state index in [0.717, 1.165) is 25.0 Å². The Kier molecular flexibility index (Phi) is 4.62. The van der Waals surface area contributed by atoms with Gasteiger partial charge in [0, 0.05) is 24.9 Å². The summed E-state index contributed by atoms with van der Waals surface area (Å²) in [7, 11) is -3.78. The molecule has 7 heteroatoms. The number of piperidine rings is 1. The molecular formula is C13H19FN2O3S. The van der Waals surface area contributed by atoms with Crippen molar-refractivity contribution in [2.75, 3.05) is 18.9 Å². The molecule has 0 aliphatic carbocycles. The van der Waals surface area contributed by atoms with Crippen molar-refractivity contribution >= 4 is 15.7 Å². The Morgan fingerprint density at radius 2 is 2.10 bits per heavy atom. The first-order valence-corrected chi connectivity index (χ1v) is 8.08. The summed E-state index contributed by atoms with van der Waals surface area (Å²) in [6.45, 7) is 0.325. The van der Waals surface area contributed by atoms with Crippen LogP contribution in [0.15, 0.2) is 23.1 Å². The number of nitrogens with zero attached hydrogens (tertiary/aromatic N) is 1. The molecule has 0 saturated carbocycles. The van der Waals surface area contributed by atoms with Crippen LogP contribution in [0.5, 0.6) is 0 Å². The summed E-state index contributed by atoms with van der Waals surface area (Å²) >= 11 is 0. The van der Waals surface area contributed by atoms with Crippen LogP contribution in [0.2, 0.25) is 0 Å². The van der Waals surface area contributed by atoms with Crippen molar-refractivity contribution < 1.29 is 17.9 Å².